The van der Waals surface area contributed by atoms with Gasteiger partial charge in [-0.1, -0.05) is 63.2 Å². The number of methoxy groups -OCH3 is 1. The highest BCUT2D eigenvalue weighted by Crippen LogP contribution is 2.44. The molecule has 6 rings (SSSR count). The molecule has 0 atom stereocenters. The van der Waals surface area contributed by atoms with Gasteiger partial charge in [-0.05, 0) is 71.6 Å². The van der Waals surface area contributed by atoms with Crippen LogP contribution in [-0.4, -0.2) is 33.8 Å². The Morgan fingerprint density at radius 3 is 2.36 bits per heavy atom. The molecule has 0 spiro atoms. The monoisotopic (exact) mass is 581 g/mol. The summed E-state index contributed by atoms with van der Waals surface area (Å²) in [5.41, 5.74) is 3.01. The molecule has 2 heterocycles. The lowest BCUT2D eigenvalue weighted by atomic mass is 9.97. The molecule has 1 aromatic heterocycles. The highest BCUT2D eigenvalue weighted by Gasteiger charge is 2.36. The lowest BCUT2D eigenvalue weighted by Gasteiger charge is -2.36. The first-order valence-corrected chi connectivity index (χ1v) is 17.5. The van der Waals surface area contributed by atoms with E-state index in [1.165, 1.54) is 0 Å². The van der Waals surface area contributed by atoms with Crippen LogP contribution < -0.4 is 18.9 Å². The second kappa shape index (κ2) is 11.1. The average Bonchev–Trinajstić information content (AvgIpc) is 3.44. The van der Waals surface area contributed by atoms with Crippen LogP contribution >= 0.6 is 0 Å². The third-order valence-corrected chi connectivity index (χ3v) is 13.2. The first kappa shape index (κ1) is 28.3. The summed E-state index contributed by atoms with van der Waals surface area (Å²) in [4.78, 5) is 5.35. The van der Waals surface area contributed by atoms with Crippen molar-refractivity contribution in [3.63, 3.8) is 0 Å². The number of rotatable bonds is 9. The molecule has 0 aliphatic carbocycles. The largest absolute Gasteiger partial charge is 0.493 e. The van der Waals surface area contributed by atoms with Crippen molar-refractivity contribution in [3.05, 3.63) is 78.0 Å². The van der Waals surface area contributed by atoms with E-state index in [2.05, 4.69) is 70.3 Å². The lowest BCUT2D eigenvalue weighted by Crippen LogP contribution is -2.41. The van der Waals surface area contributed by atoms with E-state index in [9.17, 15) is 0 Å². The lowest BCUT2D eigenvalue weighted by molar-refractivity contribution is 0.174. The molecule has 0 unspecified atom stereocenters. The van der Waals surface area contributed by atoms with E-state index < -0.39 is 8.32 Å². The van der Waals surface area contributed by atoms with E-state index >= 15 is 0 Å². The minimum absolute atomic E-state index is 0.164. The van der Waals surface area contributed by atoms with Gasteiger partial charge in [0.1, 0.15) is 6.61 Å². The van der Waals surface area contributed by atoms with Crippen LogP contribution in [0.4, 0.5) is 0 Å². The zero-order valence-electron chi connectivity index (χ0n) is 25.4. The summed E-state index contributed by atoms with van der Waals surface area (Å²) in [6.07, 6.45) is 1.60. The van der Waals surface area contributed by atoms with E-state index in [4.69, 9.17) is 28.4 Å². The fourth-order valence-electron chi connectivity index (χ4n) is 5.30. The SMILES string of the molecule is COc1ccc2c(c(CCCO[Si](C)(C)C(C)(C)C)nc3c4cc5c(cc4ccc23)OCO5)c1OCc1ccccc1. The van der Waals surface area contributed by atoms with Gasteiger partial charge in [0.05, 0.1) is 18.3 Å². The maximum atomic E-state index is 6.54. The maximum Gasteiger partial charge on any atom is 0.231 e. The number of aromatic nitrogens is 1. The zero-order chi connectivity index (χ0) is 29.5. The molecule has 0 saturated carbocycles. The summed E-state index contributed by atoms with van der Waals surface area (Å²) >= 11 is 0. The van der Waals surface area contributed by atoms with Crippen LogP contribution in [0.1, 0.15) is 38.4 Å². The highest BCUT2D eigenvalue weighted by molar-refractivity contribution is 6.74. The Morgan fingerprint density at radius 1 is 0.881 bits per heavy atom. The Bertz CT molecular complexity index is 1760. The molecule has 5 aromatic rings. The molecule has 0 N–H and O–H groups in total. The van der Waals surface area contributed by atoms with E-state index in [-0.39, 0.29) is 11.8 Å². The molecule has 0 bridgehead atoms. The first-order chi connectivity index (χ1) is 20.2. The first-order valence-electron chi connectivity index (χ1n) is 14.6. The second-order valence-electron chi connectivity index (χ2n) is 12.5. The van der Waals surface area contributed by atoms with Gasteiger partial charge in [-0.15, -0.1) is 0 Å². The minimum Gasteiger partial charge on any atom is -0.493 e. The number of nitrogens with zero attached hydrogens (tertiary/aromatic N) is 1. The topological polar surface area (TPSA) is 59.0 Å². The molecular weight excluding hydrogens is 542 g/mol. The number of fused-ring (bicyclic) bond motifs is 6. The quantitative estimate of drug-likeness (QED) is 0.0985. The number of hydrogen-bond donors (Lipinski definition) is 0. The van der Waals surface area contributed by atoms with E-state index in [1.54, 1.807) is 7.11 Å². The molecule has 6 nitrogen and oxygen atoms in total. The van der Waals surface area contributed by atoms with Gasteiger partial charge in [-0.2, -0.15) is 0 Å². The Kier molecular flexibility index (Phi) is 7.49. The summed E-state index contributed by atoms with van der Waals surface area (Å²) in [5.74, 6) is 2.94. The van der Waals surface area contributed by atoms with Crippen LogP contribution in [0.25, 0.3) is 32.4 Å². The third-order valence-electron chi connectivity index (χ3n) is 8.70. The third kappa shape index (κ3) is 5.27. The Labute approximate surface area is 248 Å². The van der Waals surface area contributed by atoms with E-state index in [0.717, 1.165) is 73.8 Å². The number of ether oxygens (including phenoxy) is 4. The Morgan fingerprint density at radius 2 is 1.62 bits per heavy atom. The number of pyridine rings is 1. The average molecular weight is 582 g/mol. The summed E-state index contributed by atoms with van der Waals surface area (Å²) in [6, 6.07) is 22.7. The standard InChI is InChI=1S/C35H39NO5Si/c1-35(2,3)42(5,6)41-18-10-13-28-32-25(16-17-29(37-4)34(32)38-21-23-11-8-7-9-12-23)26-15-14-24-19-30-31(40-22-39-30)20-27(24)33(26)36-28/h7-9,11-12,14-17,19-20H,10,13,18,21-22H2,1-6H3. The summed E-state index contributed by atoms with van der Waals surface area (Å²) < 4.78 is 30.3. The van der Waals surface area contributed by atoms with Gasteiger partial charge in [-0.25, -0.2) is 0 Å². The molecule has 0 radical (unpaired) electrons. The van der Waals surface area contributed by atoms with Gasteiger partial charge in [0.25, 0.3) is 0 Å². The van der Waals surface area contributed by atoms with Crippen LogP contribution in [0.15, 0.2) is 66.7 Å². The van der Waals surface area contributed by atoms with Gasteiger partial charge in [0.15, 0.2) is 31.3 Å². The number of hydrogen-bond acceptors (Lipinski definition) is 6. The van der Waals surface area contributed by atoms with Crippen molar-refractivity contribution in [2.24, 2.45) is 0 Å². The molecule has 1 aliphatic rings. The Balaban J connectivity index is 1.48. The van der Waals surface area contributed by atoms with E-state index in [0.29, 0.717) is 19.0 Å². The van der Waals surface area contributed by atoms with Crippen molar-refractivity contribution >= 4 is 40.8 Å². The molecule has 0 fully saturated rings. The van der Waals surface area contributed by atoms with Crippen molar-refractivity contribution in [2.45, 2.75) is 58.4 Å². The number of benzene rings is 4. The van der Waals surface area contributed by atoms with Crippen molar-refractivity contribution in [2.75, 3.05) is 20.5 Å². The maximum absolute atomic E-state index is 6.54. The fourth-order valence-corrected chi connectivity index (χ4v) is 6.39. The van der Waals surface area contributed by atoms with Crippen LogP contribution in [0.3, 0.4) is 0 Å². The highest BCUT2D eigenvalue weighted by atomic mass is 28.4. The van der Waals surface area contributed by atoms with Crippen molar-refractivity contribution < 1.29 is 23.4 Å². The Hall–Kier alpha value is -3.81. The molecule has 42 heavy (non-hydrogen) atoms. The minimum atomic E-state index is -1.85. The summed E-state index contributed by atoms with van der Waals surface area (Å²) in [5, 5.41) is 5.41. The molecule has 218 valence electrons. The second-order valence-corrected chi connectivity index (χ2v) is 17.3. The molecule has 1 aliphatic heterocycles. The molecule has 0 saturated heterocycles. The smallest absolute Gasteiger partial charge is 0.231 e. The molecule has 0 amide bonds. The van der Waals surface area contributed by atoms with Gasteiger partial charge in [0, 0.05) is 22.8 Å². The van der Waals surface area contributed by atoms with Gasteiger partial charge in [0.2, 0.25) is 6.79 Å². The van der Waals surface area contributed by atoms with Gasteiger partial charge in [-0.3, -0.25) is 4.98 Å². The molecule has 7 heteroatoms. The normalized spacial score (nSPS) is 13.3. The molecule has 4 aromatic carbocycles. The van der Waals surface area contributed by atoms with Crippen LogP contribution in [-0.2, 0) is 17.5 Å². The zero-order valence-corrected chi connectivity index (χ0v) is 26.4. The summed E-state index contributed by atoms with van der Waals surface area (Å²) in [7, 11) is -0.165. The van der Waals surface area contributed by atoms with Crippen LogP contribution in [0.2, 0.25) is 18.1 Å². The predicted molar refractivity (Wildman–Crippen MR) is 172 cm³/mol. The summed E-state index contributed by atoms with van der Waals surface area (Å²) in [6.45, 7) is 12.8. The predicted octanol–water partition coefficient (Wildman–Crippen LogP) is 8.81. The fraction of sp³-hybridized carbons (Fsp3) is 0.343. The van der Waals surface area contributed by atoms with Crippen LogP contribution in [0, 0.1) is 0 Å². The van der Waals surface area contributed by atoms with Crippen LogP contribution in [0.5, 0.6) is 23.0 Å². The molecular formula is C35H39NO5Si. The van der Waals surface area contributed by atoms with Crippen molar-refractivity contribution in [1.29, 1.82) is 0 Å². The van der Waals surface area contributed by atoms with Gasteiger partial charge < -0.3 is 23.4 Å². The number of aryl methyl sites for hydroxylation is 1. The van der Waals surface area contributed by atoms with E-state index in [1.807, 2.05) is 30.3 Å². The van der Waals surface area contributed by atoms with Crippen molar-refractivity contribution in [3.8, 4) is 23.0 Å². The van der Waals surface area contributed by atoms with Gasteiger partial charge >= 0.3 is 0 Å². The van der Waals surface area contributed by atoms with Crippen molar-refractivity contribution in [1.82, 2.24) is 4.98 Å².